The van der Waals surface area contributed by atoms with E-state index in [0.717, 1.165) is 5.69 Å². The molecule has 1 aliphatic rings. The van der Waals surface area contributed by atoms with E-state index in [0.29, 0.717) is 37.6 Å². The molecule has 1 unspecified atom stereocenters. The van der Waals surface area contributed by atoms with E-state index in [1.807, 2.05) is 24.3 Å². The summed E-state index contributed by atoms with van der Waals surface area (Å²) in [6, 6.07) is 11.5. The maximum absolute atomic E-state index is 13.1. The fraction of sp³-hybridized carbons (Fsp3) is 0.318. The zero-order chi connectivity index (χ0) is 22.0. The third-order valence-electron chi connectivity index (χ3n) is 5.50. The predicted molar refractivity (Wildman–Crippen MR) is 116 cm³/mol. The van der Waals surface area contributed by atoms with Crippen LogP contribution in [0.4, 0.5) is 5.69 Å². The van der Waals surface area contributed by atoms with Gasteiger partial charge in [-0.25, -0.2) is 9.36 Å². The Morgan fingerprint density at radius 1 is 1.00 bits per heavy atom. The molecule has 0 bridgehead atoms. The first-order valence-corrected chi connectivity index (χ1v) is 10.2. The van der Waals surface area contributed by atoms with Gasteiger partial charge in [0.15, 0.2) is 11.6 Å². The summed E-state index contributed by atoms with van der Waals surface area (Å²) in [5.41, 5.74) is 1.37. The number of anilines is 1. The molecule has 0 spiro atoms. The molecular weight excluding hydrogens is 396 g/mol. The number of ketones is 1. The van der Waals surface area contributed by atoms with Crippen LogP contribution in [0.1, 0.15) is 30.2 Å². The standard InChI is InChI=1S/C22H24N6O3/c1-16(28-21(30)9-8-20(24-28)27-11-3-10-23-27)22(31)26-14-12-25(13-15-26)19-6-4-18(5-7-19)17(2)29/h3-11,16H,12-15H2,1-2H3. The number of aromatic nitrogens is 4. The van der Waals surface area contributed by atoms with Gasteiger partial charge in [-0.3, -0.25) is 14.4 Å². The molecule has 1 fully saturated rings. The molecule has 0 N–H and O–H groups in total. The van der Waals surface area contributed by atoms with Crippen LogP contribution in [0.2, 0.25) is 0 Å². The predicted octanol–water partition coefficient (Wildman–Crippen LogP) is 1.54. The summed E-state index contributed by atoms with van der Waals surface area (Å²) in [4.78, 5) is 40.8. The van der Waals surface area contributed by atoms with Crippen molar-refractivity contribution >= 4 is 17.4 Å². The van der Waals surface area contributed by atoms with E-state index in [4.69, 9.17) is 0 Å². The van der Waals surface area contributed by atoms with Gasteiger partial charge >= 0.3 is 0 Å². The third-order valence-corrected chi connectivity index (χ3v) is 5.50. The summed E-state index contributed by atoms with van der Waals surface area (Å²) in [5.74, 6) is 0.373. The fourth-order valence-corrected chi connectivity index (χ4v) is 3.68. The van der Waals surface area contributed by atoms with Crippen LogP contribution in [0.3, 0.4) is 0 Å². The van der Waals surface area contributed by atoms with Crippen molar-refractivity contribution in [3.05, 3.63) is 70.8 Å². The average Bonchev–Trinajstić information content (AvgIpc) is 3.34. The average molecular weight is 420 g/mol. The number of Topliss-reactive ketones (excluding diaryl/α,β-unsaturated/α-hetero) is 1. The van der Waals surface area contributed by atoms with Gasteiger partial charge in [0.1, 0.15) is 6.04 Å². The highest BCUT2D eigenvalue weighted by molar-refractivity contribution is 5.94. The first-order valence-electron chi connectivity index (χ1n) is 10.2. The second-order valence-electron chi connectivity index (χ2n) is 7.52. The summed E-state index contributed by atoms with van der Waals surface area (Å²) >= 11 is 0. The minimum atomic E-state index is -0.718. The van der Waals surface area contributed by atoms with Crippen molar-refractivity contribution < 1.29 is 9.59 Å². The molecule has 1 aromatic carbocycles. The summed E-state index contributed by atoms with van der Waals surface area (Å²) in [7, 11) is 0. The van der Waals surface area contributed by atoms with Gasteiger partial charge in [-0.05, 0) is 50.2 Å². The zero-order valence-corrected chi connectivity index (χ0v) is 17.5. The van der Waals surface area contributed by atoms with E-state index in [2.05, 4.69) is 15.1 Å². The Morgan fingerprint density at radius 2 is 1.71 bits per heavy atom. The molecule has 1 atom stereocenters. The lowest BCUT2D eigenvalue weighted by Crippen LogP contribution is -2.51. The highest BCUT2D eigenvalue weighted by atomic mass is 16.2. The Morgan fingerprint density at radius 3 is 2.32 bits per heavy atom. The maximum atomic E-state index is 13.1. The number of piperazine rings is 1. The maximum Gasteiger partial charge on any atom is 0.267 e. The molecule has 0 aliphatic carbocycles. The highest BCUT2D eigenvalue weighted by Gasteiger charge is 2.27. The number of nitrogens with zero attached hydrogens (tertiary/aromatic N) is 6. The first kappa shape index (κ1) is 20.5. The molecule has 0 saturated carbocycles. The minimum Gasteiger partial charge on any atom is -0.368 e. The van der Waals surface area contributed by atoms with E-state index >= 15 is 0 Å². The number of benzene rings is 1. The van der Waals surface area contributed by atoms with Crippen LogP contribution in [0.25, 0.3) is 5.82 Å². The summed E-state index contributed by atoms with van der Waals surface area (Å²) in [6.07, 6.45) is 3.35. The number of hydrogen-bond donors (Lipinski definition) is 0. The van der Waals surface area contributed by atoms with Crippen molar-refractivity contribution in [3.63, 3.8) is 0 Å². The molecule has 31 heavy (non-hydrogen) atoms. The highest BCUT2D eigenvalue weighted by Crippen LogP contribution is 2.19. The zero-order valence-electron chi connectivity index (χ0n) is 17.5. The molecule has 1 saturated heterocycles. The van der Waals surface area contributed by atoms with Crippen LogP contribution in [0.15, 0.2) is 59.7 Å². The second-order valence-corrected chi connectivity index (χ2v) is 7.52. The van der Waals surface area contributed by atoms with Gasteiger partial charge in [0.05, 0.1) is 0 Å². The van der Waals surface area contributed by atoms with Crippen molar-refractivity contribution in [2.75, 3.05) is 31.1 Å². The van der Waals surface area contributed by atoms with Crippen LogP contribution < -0.4 is 10.5 Å². The monoisotopic (exact) mass is 420 g/mol. The van der Waals surface area contributed by atoms with Crippen LogP contribution in [-0.2, 0) is 4.79 Å². The number of carbonyl (C=O) groups is 2. The summed E-state index contributed by atoms with van der Waals surface area (Å²) in [6.45, 7) is 5.68. The summed E-state index contributed by atoms with van der Waals surface area (Å²) in [5, 5.41) is 8.46. The van der Waals surface area contributed by atoms with Crippen LogP contribution in [0.5, 0.6) is 0 Å². The van der Waals surface area contributed by atoms with E-state index in [1.165, 1.54) is 10.7 Å². The Kier molecular flexibility index (Phi) is 5.66. The number of carbonyl (C=O) groups excluding carboxylic acids is 2. The molecule has 2 aromatic heterocycles. The van der Waals surface area contributed by atoms with Crippen molar-refractivity contribution in [1.82, 2.24) is 24.5 Å². The first-order chi connectivity index (χ1) is 14.9. The molecule has 4 rings (SSSR count). The van der Waals surface area contributed by atoms with Crippen molar-refractivity contribution in [1.29, 1.82) is 0 Å². The SMILES string of the molecule is CC(=O)c1ccc(N2CCN(C(=O)C(C)n3nc(-n4cccn4)ccc3=O)CC2)cc1. The van der Waals surface area contributed by atoms with Crippen molar-refractivity contribution in [2.45, 2.75) is 19.9 Å². The van der Waals surface area contributed by atoms with Crippen LogP contribution >= 0.6 is 0 Å². The fourth-order valence-electron chi connectivity index (χ4n) is 3.68. The molecule has 3 heterocycles. The van der Waals surface area contributed by atoms with Crippen molar-refractivity contribution in [2.24, 2.45) is 0 Å². The molecule has 9 heteroatoms. The van der Waals surface area contributed by atoms with Crippen molar-refractivity contribution in [3.8, 4) is 5.82 Å². The molecule has 0 radical (unpaired) electrons. The second kappa shape index (κ2) is 8.55. The van der Waals surface area contributed by atoms with Gasteiger partial charge in [-0.2, -0.15) is 5.10 Å². The largest absolute Gasteiger partial charge is 0.368 e. The topological polar surface area (TPSA) is 93.3 Å². The summed E-state index contributed by atoms with van der Waals surface area (Å²) < 4.78 is 2.76. The van der Waals surface area contributed by atoms with Gasteiger partial charge in [-0.1, -0.05) is 0 Å². The van der Waals surface area contributed by atoms with Gasteiger partial charge in [0, 0.05) is 55.9 Å². The number of hydrogen-bond acceptors (Lipinski definition) is 6. The number of amides is 1. The molecule has 9 nitrogen and oxygen atoms in total. The smallest absolute Gasteiger partial charge is 0.267 e. The Hall–Kier alpha value is -3.75. The van der Waals surface area contributed by atoms with Crippen LogP contribution in [-0.4, -0.2) is 62.3 Å². The lowest BCUT2D eigenvalue weighted by Gasteiger charge is -2.37. The van der Waals surface area contributed by atoms with E-state index < -0.39 is 6.04 Å². The Balaban J connectivity index is 1.43. The van der Waals surface area contributed by atoms with E-state index in [-0.39, 0.29) is 17.2 Å². The minimum absolute atomic E-state index is 0.0384. The third kappa shape index (κ3) is 4.25. The molecule has 1 aliphatic heterocycles. The van der Waals surface area contributed by atoms with Gasteiger partial charge in [0.2, 0.25) is 5.91 Å². The lowest BCUT2D eigenvalue weighted by atomic mass is 10.1. The molecule has 160 valence electrons. The Bertz CT molecular complexity index is 1130. The van der Waals surface area contributed by atoms with Gasteiger partial charge < -0.3 is 9.80 Å². The van der Waals surface area contributed by atoms with Crippen LogP contribution in [0, 0.1) is 0 Å². The molecular formula is C22H24N6O3. The number of rotatable bonds is 5. The molecule has 1 amide bonds. The Labute approximate surface area is 179 Å². The normalized spacial score (nSPS) is 15.0. The van der Waals surface area contributed by atoms with Gasteiger partial charge in [0.25, 0.3) is 5.56 Å². The van der Waals surface area contributed by atoms with E-state index in [1.54, 1.807) is 48.0 Å². The quantitative estimate of drug-likeness (QED) is 0.582. The van der Waals surface area contributed by atoms with Gasteiger partial charge in [-0.15, -0.1) is 5.10 Å². The van der Waals surface area contributed by atoms with E-state index in [9.17, 15) is 14.4 Å². The molecule has 3 aromatic rings. The lowest BCUT2D eigenvalue weighted by molar-refractivity contribution is -0.135.